The second-order valence-electron chi connectivity index (χ2n) is 5.67. The van der Waals surface area contributed by atoms with Crippen LogP contribution in [-0.4, -0.2) is 31.7 Å². The van der Waals surface area contributed by atoms with Crippen LogP contribution in [-0.2, 0) is 9.53 Å². The smallest absolute Gasteiger partial charge is 0.238 e. The van der Waals surface area contributed by atoms with Crippen molar-refractivity contribution in [1.82, 2.24) is 5.32 Å². The molecule has 4 nitrogen and oxygen atoms in total. The number of nitrogens with one attached hydrogen (secondary N) is 2. The maximum absolute atomic E-state index is 11.8. The third-order valence-corrected chi connectivity index (χ3v) is 3.89. The number of hydrogen-bond donors (Lipinski definition) is 2. The molecule has 1 aliphatic rings. The number of amides is 1. The molecule has 1 aromatic carbocycles. The first kappa shape index (κ1) is 16.0. The maximum atomic E-state index is 11.8. The summed E-state index contributed by atoms with van der Waals surface area (Å²) in [5, 5.41) is 6.04. The second kappa shape index (κ2) is 8.80. The minimum absolute atomic E-state index is 0.0121. The highest BCUT2D eigenvalue weighted by Crippen LogP contribution is 2.19. The Kier molecular flexibility index (Phi) is 6.70. The Hall–Kier alpha value is -1.39. The molecule has 1 aliphatic carbocycles. The molecule has 1 saturated carbocycles. The van der Waals surface area contributed by atoms with E-state index in [9.17, 15) is 4.79 Å². The molecule has 116 valence electrons. The fraction of sp³-hybridized carbons (Fsp3) is 0.588. The average Bonchev–Trinajstić information content (AvgIpc) is 2.50. The van der Waals surface area contributed by atoms with Crippen LogP contribution in [0.3, 0.4) is 0 Å². The lowest BCUT2D eigenvalue weighted by molar-refractivity contribution is -0.115. The van der Waals surface area contributed by atoms with Gasteiger partial charge < -0.3 is 15.4 Å². The van der Waals surface area contributed by atoms with E-state index in [-0.39, 0.29) is 5.91 Å². The van der Waals surface area contributed by atoms with Crippen LogP contribution < -0.4 is 10.6 Å². The molecule has 0 heterocycles. The molecule has 4 heteroatoms. The molecular formula is C17H26N2O2. The van der Waals surface area contributed by atoms with Crippen LogP contribution in [0.2, 0.25) is 0 Å². The molecule has 0 radical (unpaired) electrons. The van der Waals surface area contributed by atoms with E-state index in [2.05, 4.69) is 10.6 Å². The molecule has 2 N–H and O–H groups in total. The van der Waals surface area contributed by atoms with Crippen molar-refractivity contribution in [3.63, 3.8) is 0 Å². The van der Waals surface area contributed by atoms with Crippen molar-refractivity contribution < 1.29 is 9.53 Å². The van der Waals surface area contributed by atoms with Gasteiger partial charge in [0.1, 0.15) is 0 Å². The quantitative estimate of drug-likeness (QED) is 0.759. The van der Waals surface area contributed by atoms with Crippen molar-refractivity contribution in [2.24, 2.45) is 0 Å². The molecule has 0 saturated heterocycles. The lowest BCUT2D eigenvalue weighted by Gasteiger charge is -2.22. The molecule has 0 spiro atoms. The summed E-state index contributed by atoms with van der Waals surface area (Å²) in [5.74, 6) is -0.0121. The maximum Gasteiger partial charge on any atom is 0.238 e. The standard InChI is InChI=1S/C17H26N2O2/c1-14-7-5-6-10-16(14)19-17(20)13-18-11-12-21-15-8-3-2-4-9-15/h5-7,10,15,18H,2-4,8-9,11-13H2,1H3,(H,19,20). The van der Waals surface area contributed by atoms with Crippen molar-refractivity contribution in [3.05, 3.63) is 29.8 Å². The van der Waals surface area contributed by atoms with Gasteiger partial charge in [0, 0.05) is 12.2 Å². The van der Waals surface area contributed by atoms with Crippen molar-refractivity contribution in [2.45, 2.75) is 45.1 Å². The van der Waals surface area contributed by atoms with Crippen LogP contribution in [0.25, 0.3) is 0 Å². The molecule has 0 unspecified atom stereocenters. The molecule has 0 bridgehead atoms. The van der Waals surface area contributed by atoms with E-state index in [0.717, 1.165) is 17.8 Å². The summed E-state index contributed by atoms with van der Waals surface area (Å²) in [6, 6.07) is 7.79. The third kappa shape index (κ3) is 5.86. The Labute approximate surface area is 127 Å². The molecule has 0 aliphatic heterocycles. The number of hydrogen-bond acceptors (Lipinski definition) is 3. The largest absolute Gasteiger partial charge is 0.377 e. The molecule has 1 amide bonds. The predicted molar refractivity (Wildman–Crippen MR) is 85.5 cm³/mol. The van der Waals surface area contributed by atoms with Crippen LogP contribution >= 0.6 is 0 Å². The van der Waals surface area contributed by atoms with Crippen molar-refractivity contribution in [3.8, 4) is 0 Å². The van der Waals surface area contributed by atoms with E-state index in [4.69, 9.17) is 4.74 Å². The lowest BCUT2D eigenvalue weighted by Crippen LogP contribution is -2.31. The summed E-state index contributed by atoms with van der Waals surface area (Å²) in [7, 11) is 0. The SMILES string of the molecule is Cc1ccccc1NC(=O)CNCCOC1CCCCC1. The van der Waals surface area contributed by atoms with Gasteiger partial charge in [-0.15, -0.1) is 0 Å². The number of para-hydroxylation sites is 1. The minimum Gasteiger partial charge on any atom is -0.377 e. The molecule has 1 aromatic rings. The number of anilines is 1. The summed E-state index contributed by atoms with van der Waals surface area (Å²) in [6.07, 6.45) is 6.73. The fourth-order valence-corrected chi connectivity index (χ4v) is 2.64. The van der Waals surface area contributed by atoms with Gasteiger partial charge in [0.25, 0.3) is 0 Å². The van der Waals surface area contributed by atoms with Crippen molar-refractivity contribution in [2.75, 3.05) is 25.0 Å². The van der Waals surface area contributed by atoms with Gasteiger partial charge in [-0.1, -0.05) is 37.5 Å². The van der Waals surface area contributed by atoms with Gasteiger partial charge in [0.05, 0.1) is 19.3 Å². The first-order chi connectivity index (χ1) is 10.3. The van der Waals surface area contributed by atoms with E-state index in [1.165, 1.54) is 32.1 Å². The van der Waals surface area contributed by atoms with Gasteiger partial charge in [-0.25, -0.2) is 0 Å². The van der Waals surface area contributed by atoms with E-state index < -0.39 is 0 Å². The summed E-state index contributed by atoms with van der Waals surface area (Å²) in [4.78, 5) is 11.8. The van der Waals surface area contributed by atoms with Gasteiger partial charge in [-0.3, -0.25) is 4.79 Å². The second-order valence-corrected chi connectivity index (χ2v) is 5.67. The third-order valence-electron chi connectivity index (χ3n) is 3.89. The number of carbonyl (C=O) groups is 1. The van der Waals surface area contributed by atoms with E-state index in [1.807, 2.05) is 31.2 Å². The van der Waals surface area contributed by atoms with Gasteiger partial charge in [-0.05, 0) is 31.4 Å². The van der Waals surface area contributed by atoms with E-state index in [0.29, 0.717) is 19.3 Å². The molecule has 1 fully saturated rings. The molecular weight excluding hydrogens is 264 g/mol. The number of benzene rings is 1. The van der Waals surface area contributed by atoms with Crippen molar-refractivity contribution >= 4 is 11.6 Å². The van der Waals surface area contributed by atoms with Gasteiger partial charge in [0.15, 0.2) is 0 Å². The molecule has 2 rings (SSSR count). The summed E-state index contributed by atoms with van der Waals surface area (Å²) in [5.41, 5.74) is 1.95. The summed E-state index contributed by atoms with van der Waals surface area (Å²) < 4.78 is 5.81. The Balaban J connectivity index is 1.56. The molecule has 0 aromatic heterocycles. The Morgan fingerprint density at radius 3 is 2.76 bits per heavy atom. The first-order valence-corrected chi connectivity index (χ1v) is 7.93. The topological polar surface area (TPSA) is 50.4 Å². The average molecular weight is 290 g/mol. The molecule has 21 heavy (non-hydrogen) atoms. The highest BCUT2D eigenvalue weighted by molar-refractivity contribution is 5.92. The summed E-state index contributed by atoms with van der Waals surface area (Å²) in [6.45, 7) is 3.71. The minimum atomic E-state index is -0.0121. The molecule has 0 atom stereocenters. The monoisotopic (exact) mass is 290 g/mol. The van der Waals surface area contributed by atoms with Gasteiger partial charge >= 0.3 is 0 Å². The highest BCUT2D eigenvalue weighted by atomic mass is 16.5. The number of rotatable bonds is 7. The number of carbonyl (C=O) groups excluding carboxylic acids is 1. The van der Waals surface area contributed by atoms with Crippen LogP contribution in [0, 0.1) is 6.92 Å². The van der Waals surface area contributed by atoms with Crippen LogP contribution in [0.15, 0.2) is 24.3 Å². The van der Waals surface area contributed by atoms with E-state index in [1.54, 1.807) is 0 Å². The van der Waals surface area contributed by atoms with Gasteiger partial charge in [0.2, 0.25) is 5.91 Å². The van der Waals surface area contributed by atoms with Crippen LogP contribution in [0.4, 0.5) is 5.69 Å². The zero-order valence-corrected chi connectivity index (χ0v) is 12.9. The lowest BCUT2D eigenvalue weighted by atomic mass is 9.98. The zero-order chi connectivity index (χ0) is 14.9. The van der Waals surface area contributed by atoms with Crippen LogP contribution in [0.1, 0.15) is 37.7 Å². The Morgan fingerprint density at radius 2 is 2.00 bits per heavy atom. The zero-order valence-electron chi connectivity index (χ0n) is 12.9. The number of aryl methyl sites for hydroxylation is 1. The first-order valence-electron chi connectivity index (χ1n) is 7.93. The van der Waals surface area contributed by atoms with E-state index >= 15 is 0 Å². The predicted octanol–water partition coefficient (Wildman–Crippen LogP) is 2.87. The Bertz CT molecular complexity index is 442. The van der Waals surface area contributed by atoms with Crippen LogP contribution in [0.5, 0.6) is 0 Å². The van der Waals surface area contributed by atoms with Gasteiger partial charge in [-0.2, -0.15) is 0 Å². The van der Waals surface area contributed by atoms with Crippen molar-refractivity contribution in [1.29, 1.82) is 0 Å². The normalized spacial score (nSPS) is 15.9. The fourth-order valence-electron chi connectivity index (χ4n) is 2.64. The summed E-state index contributed by atoms with van der Waals surface area (Å²) >= 11 is 0. The highest BCUT2D eigenvalue weighted by Gasteiger charge is 2.13. The number of ether oxygens (including phenoxy) is 1. The Morgan fingerprint density at radius 1 is 1.24 bits per heavy atom.